The van der Waals surface area contributed by atoms with Crippen molar-refractivity contribution in [2.75, 3.05) is 13.2 Å². The molecule has 1 saturated heterocycles. The van der Waals surface area contributed by atoms with Crippen molar-refractivity contribution in [3.05, 3.63) is 42.1 Å². The smallest absolute Gasteiger partial charge is 0.123 e. The van der Waals surface area contributed by atoms with Gasteiger partial charge in [-0.3, -0.25) is 0 Å². The molecular formula is C15H15FN2O2. The largest absolute Gasteiger partial charge is 0.393 e. The molecule has 1 unspecified atom stereocenters. The van der Waals surface area contributed by atoms with E-state index in [9.17, 15) is 9.50 Å². The van der Waals surface area contributed by atoms with Crippen molar-refractivity contribution in [3.63, 3.8) is 0 Å². The molecule has 0 aliphatic carbocycles. The maximum atomic E-state index is 13.6. The Kier molecular flexibility index (Phi) is 2.65. The van der Waals surface area contributed by atoms with Crippen molar-refractivity contribution in [1.29, 1.82) is 0 Å². The zero-order valence-corrected chi connectivity index (χ0v) is 10.9. The third kappa shape index (κ3) is 1.63. The number of fused-ring (bicyclic) bond motifs is 3. The standard InChI is InChI=1S/C15H15FN2O2/c16-9-1-2-10-11(5-9)15(18-8-17-6-13(10)18)12-7-20-4-3-14(12)19/h1-2,5-6,8,12,14-15,19H,3-4,7H2/t12-,14-,15?/m1/s1. The second-order valence-electron chi connectivity index (χ2n) is 5.46. The van der Waals surface area contributed by atoms with Crippen molar-refractivity contribution in [3.8, 4) is 11.3 Å². The van der Waals surface area contributed by atoms with Gasteiger partial charge in [0.25, 0.3) is 0 Å². The van der Waals surface area contributed by atoms with Crippen LogP contribution in [0.2, 0.25) is 0 Å². The summed E-state index contributed by atoms with van der Waals surface area (Å²) in [6, 6.07) is 4.71. The highest BCUT2D eigenvalue weighted by Crippen LogP contribution is 2.45. The zero-order valence-electron chi connectivity index (χ0n) is 10.9. The molecule has 20 heavy (non-hydrogen) atoms. The number of hydrogen-bond acceptors (Lipinski definition) is 3. The summed E-state index contributed by atoms with van der Waals surface area (Å²) in [7, 11) is 0. The van der Waals surface area contributed by atoms with Crippen LogP contribution in [-0.4, -0.2) is 34.0 Å². The van der Waals surface area contributed by atoms with Gasteiger partial charge in [-0.25, -0.2) is 9.37 Å². The molecule has 5 heteroatoms. The number of aliphatic hydroxyl groups is 1. The fraction of sp³-hybridized carbons (Fsp3) is 0.400. The maximum absolute atomic E-state index is 13.6. The number of aliphatic hydroxyl groups excluding tert-OH is 1. The van der Waals surface area contributed by atoms with E-state index in [1.54, 1.807) is 24.7 Å². The van der Waals surface area contributed by atoms with Gasteiger partial charge in [0, 0.05) is 18.1 Å². The van der Waals surface area contributed by atoms with Crippen LogP contribution in [0, 0.1) is 11.7 Å². The van der Waals surface area contributed by atoms with Crippen LogP contribution in [0.25, 0.3) is 11.3 Å². The predicted octanol–water partition coefficient (Wildman–Crippen LogP) is 1.99. The summed E-state index contributed by atoms with van der Waals surface area (Å²) in [6.45, 7) is 1.07. The number of nitrogens with zero attached hydrogens (tertiary/aromatic N) is 2. The number of ether oxygens (including phenoxy) is 1. The Morgan fingerprint density at radius 1 is 1.40 bits per heavy atom. The molecule has 1 N–H and O–H groups in total. The van der Waals surface area contributed by atoms with E-state index in [1.807, 2.05) is 4.57 Å². The molecule has 2 aromatic rings. The molecule has 0 spiro atoms. The lowest BCUT2D eigenvalue weighted by atomic mass is 9.86. The number of hydrogen-bond donors (Lipinski definition) is 1. The highest BCUT2D eigenvalue weighted by Gasteiger charge is 2.39. The van der Waals surface area contributed by atoms with Gasteiger partial charge in [-0.2, -0.15) is 0 Å². The second kappa shape index (κ2) is 4.40. The molecule has 104 valence electrons. The minimum atomic E-state index is -0.432. The first kappa shape index (κ1) is 12.1. The molecule has 4 nitrogen and oxygen atoms in total. The number of halogens is 1. The first-order chi connectivity index (χ1) is 9.75. The van der Waals surface area contributed by atoms with E-state index in [-0.39, 0.29) is 17.8 Å². The van der Waals surface area contributed by atoms with Crippen molar-refractivity contribution >= 4 is 0 Å². The maximum Gasteiger partial charge on any atom is 0.123 e. The number of imidazole rings is 1. The van der Waals surface area contributed by atoms with Crippen LogP contribution in [0.3, 0.4) is 0 Å². The SMILES string of the molecule is O[C@@H]1CCOC[C@H]1C1c2cc(F)ccc2-c2cncn21. The van der Waals surface area contributed by atoms with E-state index in [0.29, 0.717) is 19.6 Å². The molecule has 3 heterocycles. The topological polar surface area (TPSA) is 47.3 Å². The summed E-state index contributed by atoms with van der Waals surface area (Å²) in [5.41, 5.74) is 2.88. The van der Waals surface area contributed by atoms with Crippen LogP contribution in [0.15, 0.2) is 30.7 Å². The number of rotatable bonds is 1. The Labute approximate surface area is 115 Å². The number of aromatic nitrogens is 2. The molecule has 2 aliphatic rings. The van der Waals surface area contributed by atoms with Crippen LogP contribution >= 0.6 is 0 Å². The summed E-state index contributed by atoms with van der Waals surface area (Å²) in [5, 5.41) is 10.3. The van der Waals surface area contributed by atoms with Crippen molar-refractivity contribution in [2.24, 2.45) is 5.92 Å². The van der Waals surface area contributed by atoms with Crippen LogP contribution in [0.1, 0.15) is 18.0 Å². The molecule has 4 rings (SSSR count). The van der Waals surface area contributed by atoms with Gasteiger partial charge in [-0.05, 0) is 30.2 Å². The molecule has 1 aromatic heterocycles. The van der Waals surface area contributed by atoms with Crippen LogP contribution in [0.4, 0.5) is 4.39 Å². The van der Waals surface area contributed by atoms with Crippen LogP contribution < -0.4 is 0 Å². The van der Waals surface area contributed by atoms with Crippen molar-refractivity contribution in [1.82, 2.24) is 9.55 Å². The van der Waals surface area contributed by atoms with Gasteiger partial charge in [0.05, 0.1) is 37.0 Å². The van der Waals surface area contributed by atoms with Crippen LogP contribution in [0.5, 0.6) is 0 Å². The lowest BCUT2D eigenvalue weighted by Crippen LogP contribution is -2.37. The van der Waals surface area contributed by atoms with Crippen molar-refractivity contribution < 1.29 is 14.2 Å². The quantitative estimate of drug-likeness (QED) is 0.865. The van der Waals surface area contributed by atoms with E-state index in [1.165, 1.54) is 6.07 Å². The fourth-order valence-corrected chi connectivity index (χ4v) is 3.38. The third-order valence-corrected chi connectivity index (χ3v) is 4.34. The molecule has 0 radical (unpaired) electrons. The fourth-order valence-electron chi connectivity index (χ4n) is 3.38. The molecule has 2 aliphatic heterocycles. The van der Waals surface area contributed by atoms with E-state index in [4.69, 9.17) is 4.74 Å². The first-order valence-corrected chi connectivity index (χ1v) is 6.83. The first-order valence-electron chi connectivity index (χ1n) is 6.83. The minimum Gasteiger partial charge on any atom is -0.393 e. The normalized spacial score (nSPS) is 28.2. The lowest BCUT2D eigenvalue weighted by molar-refractivity contribution is -0.0481. The van der Waals surface area contributed by atoms with Gasteiger partial charge in [0.1, 0.15) is 5.82 Å². The van der Waals surface area contributed by atoms with Gasteiger partial charge < -0.3 is 14.4 Å². The van der Waals surface area contributed by atoms with Gasteiger partial charge in [-0.15, -0.1) is 0 Å². The highest BCUT2D eigenvalue weighted by atomic mass is 19.1. The third-order valence-electron chi connectivity index (χ3n) is 4.34. The van der Waals surface area contributed by atoms with E-state index >= 15 is 0 Å². The van der Waals surface area contributed by atoms with Gasteiger partial charge in [-0.1, -0.05) is 0 Å². The zero-order chi connectivity index (χ0) is 13.7. The lowest BCUT2D eigenvalue weighted by Gasteiger charge is -2.33. The Morgan fingerprint density at radius 3 is 3.15 bits per heavy atom. The van der Waals surface area contributed by atoms with E-state index in [2.05, 4.69) is 4.98 Å². The molecule has 0 saturated carbocycles. The summed E-state index contributed by atoms with van der Waals surface area (Å²) in [6.07, 6.45) is 3.72. The number of benzene rings is 1. The molecule has 1 fully saturated rings. The summed E-state index contributed by atoms with van der Waals surface area (Å²) in [5.74, 6) is -0.321. The Bertz CT molecular complexity index is 655. The Hall–Kier alpha value is -1.72. The Morgan fingerprint density at radius 2 is 2.30 bits per heavy atom. The summed E-state index contributed by atoms with van der Waals surface area (Å²) < 4.78 is 21.1. The van der Waals surface area contributed by atoms with E-state index < -0.39 is 6.10 Å². The molecular weight excluding hydrogens is 259 g/mol. The molecule has 1 aromatic carbocycles. The van der Waals surface area contributed by atoms with Gasteiger partial charge in [0.15, 0.2) is 0 Å². The highest BCUT2D eigenvalue weighted by molar-refractivity contribution is 5.69. The van der Waals surface area contributed by atoms with Crippen molar-refractivity contribution in [2.45, 2.75) is 18.6 Å². The Balaban J connectivity index is 1.85. The molecule has 3 atom stereocenters. The van der Waals surface area contributed by atoms with Crippen LogP contribution in [-0.2, 0) is 4.74 Å². The molecule has 0 bridgehead atoms. The average Bonchev–Trinajstić information content (AvgIpc) is 3.00. The van der Waals surface area contributed by atoms with Gasteiger partial charge >= 0.3 is 0 Å². The molecule has 0 amide bonds. The minimum absolute atomic E-state index is 0.0697. The average molecular weight is 274 g/mol. The van der Waals surface area contributed by atoms with E-state index in [0.717, 1.165) is 16.8 Å². The predicted molar refractivity (Wildman–Crippen MR) is 70.7 cm³/mol. The van der Waals surface area contributed by atoms with Gasteiger partial charge in [0.2, 0.25) is 0 Å². The second-order valence-corrected chi connectivity index (χ2v) is 5.46. The summed E-state index contributed by atoms with van der Waals surface area (Å²) >= 11 is 0. The monoisotopic (exact) mass is 274 g/mol. The summed E-state index contributed by atoms with van der Waals surface area (Å²) in [4.78, 5) is 4.18.